The first-order valence-corrected chi connectivity index (χ1v) is 11.4. The molecule has 0 aliphatic heterocycles. The minimum Gasteiger partial charge on any atom is -0.343 e. The van der Waals surface area contributed by atoms with Crippen LogP contribution in [0, 0.1) is 0 Å². The number of amides is 1. The number of carbonyl (C=O) groups excluding carboxylic acids is 1. The maximum atomic E-state index is 12.8. The third-order valence-corrected chi connectivity index (χ3v) is 7.23. The average Bonchev–Trinajstić information content (AvgIpc) is 2.79. The normalized spacial score (nSPS) is 11.5. The summed E-state index contributed by atoms with van der Waals surface area (Å²) in [5.41, 5.74) is 2.88. The van der Waals surface area contributed by atoms with E-state index < -0.39 is 10.0 Å². The fourth-order valence-corrected chi connectivity index (χ4v) is 4.45. The standard InChI is InChI=1S/C24H27N3O3S/c1-18(2)27(4)31(29,30)21-16-14-19(15-17-21)24(28)25-22-12-8-9-13-23(22)26(3)20-10-6-5-7-11-20/h5-18H,1-4H3,(H,25,28). The third kappa shape index (κ3) is 4.95. The molecular formula is C24H27N3O3S. The Morgan fingerprint density at radius 1 is 0.839 bits per heavy atom. The lowest BCUT2D eigenvalue weighted by atomic mass is 10.2. The summed E-state index contributed by atoms with van der Waals surface area (Å²) in [6.45, 7) is 3.62. The van der Waals surface area contributed by atoms with E-state index in [0.29, 0.717) is 11.3 Å². The van der Waals surface area contributed by atoms with Gasteiger partial charge in [0.25, 0.3) is 5.91 Å². The van der Waals surface area contributed by atoms with E-state index in [1.54, 1.807) is 7.05 Å². The Kier molecular flexibility index (Phi) is 6.77. The summed E-state index contributed by atoms with van der Waals surface area (Å²) in [5.74, 6) is -0.310. The van der Waals surface area contributed by atoms with Crippen LogP contribution in [0.3, 0.4) is 0 Å². The summed E-state index contributed by atoms with van der Waals surface area (Å²) in [7, 11) is -0.115. The van der Waals surface area contributed by atoms with Crippen molar-refractivity contribution >= 4 is 33.0 Å². The van der Waals surface area contributed by atoms with Crippen molar-refractivity contribution < 1.29 is 13.2 Å². The van der Waals surface area contributed by atoms with E-state index in [4.69, 9.17) is 0 Å². The van der Waals surface area contributed by atoms with Crippen LogP contribution in [-0.2, 0) is 10.0 Å². The van der Waals surface area contributed by atoms with Crippen LogP contribution in [0.2, 0.25) is 0 Å². The number of benzene rings is 3. The molecule has 162 valence electrons. The number of nitrogens with one attached hydrogen (secondary N) is 1. The first-order valence-electron chi connectivity index (χ1n) is 9.99. The van der Waals surface area contributed by atoms with E-state index in [-0.39, 0.29) is 16.8 Å². The van der Waals surface area contributed by atoms with Crippen molar-refractivity contribution in [3.05, 3.63) is 84.4 Å². The molecule has 3 aromatic carbocycles. The van der Waals surface area contributed by atoms with E-state index in [1.165, 1.54) is 28.6 Å². The van der Waals surface area contributed by atoms with E-state index in [2.05, 4.69) is 5.32 Å². The molecule has 1 amide bonds. The zero-order chi connectivity index (χ0) is 22.6. The van der Waals surface area contributed by atoms with Crippen LogP contribution >= 0.6 is 0 Å². The van der Waals surface area contributed by atoms with Crippen LogP contribution in [0.5, 0.6) is 0 Å². The van der Waals surface area contributed by atoms with Crippen molar-refractivity contribution in [1.82, 2.24) is 4.31 Å². The highest BCUT2D eigenvalue weighted by atomic mass is 32.2. The zero-order valence-electron chi connectivity index (χ0n) is 18.1. The smallest absolute Gasteiger partial charge is 0.255 e. The second-order valence-corrected chi connectivity index (χ2v) is 9.50. The largest absolute Gasteiger partial charge is 0.343 e. The Morgan fingerprint density at radius 3 is 2.03 bits per heavy atom. The second kappa shape index (κ2) is 9.32. The minimum atomic E-state index is -3.59. The number of carbonyl (C=O) groups is 1. The van der Waals surface area contributed by atoms with Crippen LogP contribution in [0.4, 0.5) is 17.1 Å². The summed E-state index contributed by atoms with van der Waals surface area (Å²) < 4.78 is 26.5. The fourth-order valence-electron chi connectivity index (χ4n) is 3.08. The number of nitrogens with zero attached hydrogens (tertiary/aromatic N) is 2. The van der Waals surface area contributed by atoms with Crippen molar-refractivity contribution in [2.75, 3.05) is 24.3 Å². The van der Waals surface area contributed by atoms with E-state index in [0.717, 1.165) is 11.4 Å². The topological polar surface area (TPSA) is 69.7 Å². The van der Waals surface area contributed by atoms with Crippen molar-refractivity contribution in [2.24, 2.45) is 0 Å². The molecule has 0 spiro atoms. The Hall–Kier alpha value is -3.16. The lowest BCUT2D eigenvalue weighted by molar-refractivity contribution is 0.102. The van der Waals surface area contributed by atoms with Gasteiger partial charge in [-0.1, -0.05) is 30.3 Å². The van der Waals surface area contributed by atoms with Crippen molar-refractivity contribution in [2.45, 2.75) is 24.8 Å². The molecule has 0 unspecified atom stereocenters. The van der Waals surface area contributed by atoms with Gasteiger partial charge in [-0.15, -0.1) is 0 Å². The molecule has 0 aliphatic carbocycles. The molecule has 0 radical (unpaired) electrons. The Morgan fingerprint density at radius 2 is 1.42 bits per heavy atom. The summed E-state index contributed by atoms with van der Waals surface area (Å²) in [6.07, 6.45) is 0. The Labute approximate surface area is 184 Å². The molecule has 0 saturated heterocycles. The second-order valence-electron chi connectivity index (χ2n) is 7.51. The number of anilines is 3. The van der Waals surface area contributed by atoms with Gasteiger partial charge in [0.2, 0.25) is 10.0 Å². The van der Waals surface area contributed by atoms with Gasteiger partial charge in [0.1, 0.15) is 0 Å². The lowest BCUT2D eigenvalue weighted by Crippen LogP contribution is -2.33. The zero-order valence-corrected chi connectivity index (χ0v) is 18.9. The molecule has 3 aromatic rings. The molecule has 3 rings (SSSR count). The fraction of sp³-hybridized carbons (Fsp3) is 0.208. The number of para-hydroxylation sites is 3. The van der Waals surface area contributed by atoms with Crippen molar-refractivity contribution in [3.8, 4) is 0 Å². The molecule has 7 heteroatoms. The van der Waals surface area contributed by atoms with Crippen LogP contribution < -0.4 is 10.2 Å². The molecule has 0 heterocycles. The van der Waals surface area contributed by atoms with Crippen LogP contribution in [-0.4, -0.2) is 38.8 Å². The van der Waals surface area contributed by atoms with Crippen molar-refractivity contribution in [1.29, 1.82) is 0 Å². The summed E-state index contributed by atoms with van der Waals surface area (Å²) in [4.78, 5) is 15.0. The van der Waals surface area contributed by atoms with Gasteiger partial charge in [-0.3, -0.25) is 4.79 Å². The van der Waals surface area contributed by atoms with Gasteiger partial charge < -0.3 is 10.2 Å². The predicted octanol–water partition coefficient (Wildman–Crippen LogP) is 4.74. The number of hydrogen-bond donors (Lipinski definition) is 1. The Balaban J connectivity index is 1.82. The van der Waals surface area contributed by atoms with Gasteiger partial charge in [-0.2, -0.15) is 4.31 Å². The number of hydrogen-bond acceptors (Lipinski definition) is 4. The molecule has 1 N–H and O–H groups in total. The molecule has 0 atom stereocenters. The summed E-state index contributed by atoms with van der Waals surface area (Å²) in [6, 6.07) is 23.2. The highest BCUT2D eigenvalue weighted by molar-refractivity contribution is 7.89. The van der Waals surface area contributed by atoms with Crippen LogP contribution in [0.25, 0.3) is 0 Å². The van der Waals surface area contributed by atoms with Gasteiger partial charge in [0.15, 0.2) is 0 Å². The average molecular weight is 438 g/mol. The maximum absolute atomic E-state index is 12.8. The van der Waals surface area contributed by atoms with E-state index in [9.17, 15) is 13.2 Å². The molecule has 0 aliphatic rings. The van der Waals surface area contributed by atoms with Crippen LogP contribution in [0.1, 0.15) is 24.2 Å². The molecule has 0 fully saturated rings. The SMILES string of the molecule is CC(C)N(C)S(=O)(=O)c1ccc(C(=O)Nc2ccccc2N(C)c2ccccc2)cc1. The van der Waals surface area contributed by atoms with Gasteiger partial charge in [-0.25, -0.2) is 8.42 Å². The first-order chi connectivity index (χ1) is 14.7. The maximum Gasteiger partial charge on any atom is 0.255 e. The monoisotopic (exact) mass is 437 g/mol. The van der Waals surface area contributed by atoms with Gasteiger partial charge in [0.05, 0.1) is 16.3 Å². The number of sulfonamides is 1. The van der Waals surface area contributed by atoms with Gasteiger partial charge in [0, 0.05) is 31.4 Å². The third-order valence-electron chi connectivity index (χ3n) is 5.18. The van der Waals surface area contributed by atoms with Gasteiger partial charge >= 0.3 is 0 Å². The highest BCUT2D eigenvalue weighted by Crippen LogP contribution is 2.30. The summed E-state index contributed by atoms with van der Waals surface area (Å²) in [5, 5.41) is 2.94. The molecule has 6 nitrogen and oxygen atoms in total. The number of rotatable bonds is 7. The van der Waals surface area contributed by atoms with Gasteiger partial charge in [-0.05, 0) is 62.4 Å². The lowest BCUT2D eigenvalue weighted by Gasteiger charge is -2.23. The van der Waals surface area contributed by atoms with Crippen LogP contribution in [0.15, 0.2) is 83.8 Å². The Bertz CT molecular complexity index is 1140. The van der Waals surface area contributed by atoms with E-state index >= 15 is 0 Å². The molecule has 0 bridgehead atoms. The minimum absolute atomic E-state index is 0.157. The molecule has 0 saturated carbocycles. The quantitative estimate of drug-likeness (QED) is 0.580. The molecule has 31 heavy (non-hydrogen) atoms. The highest BCUT2D eigenvalue weighted by Gasteiger charge is 2.23. The molecule has 0 aromatic heterocycles. The summed E-state index contributed by atoms with van der Waals surface area (Å²) >= 11 is 0. The predicted molar refractivity (Wildman–Crippen MR) is 125 cm³/mol. The van der Waals surface area contributed by atoms with E-state index in [1.807, 2.05) is 80.4 Å². The van der Waals surface area contributed by atoms with Crippen molar-refractivity contribution in [3.63, 3.8) is 0 Å². The molecular weight excluding hydrogens is 410 g/mol. The first kappa shape index (κ1) is 22.5.